The van der Waals surface area contributed by atoms with E-state index in [0.29, 0.717) is 12.2 Å². The summed E-state index contributed by atoms with van der Waals surface area (Å²) in [6, 6.07) is 8.34. The van der Waals surface area contributed by atoms with E-state index in [1.54, 1.807) is 0 Å². The Hall–Kier alpha value is -2.41. The van der Waals surface area contributed by atoms with E-state index in [9.17, 15) is 18.5 Å². The largest absolute Gasteiger partial charge is 0.385 e. The summed E-state index contributed by atoms with van der Waals surface area (Å²) in [7, 11) is -3.68. The van der Waals surface area contributed by atoms with Gasteiger partial charge in [-0.15, -0.1) is 0 Å². The molecule has 0 radical (unpaired) electrons. The average Bonchev–Trinajstić information content (AvgIpc) is 2.48. The molecule has 0 aliphatic carbocycles. The van der Waals surface area contributed by atoms with Crippen LogP contribution in [0.5, 0.6) is 0 Å². The van der Waals surface area contributed by atoms with Gasteiger partial charge in [-0.2, -0.15) is 0 Å². The molecule has 0 fully saturated rings. The second kappa shape index (κ2) is 7.23. The highest BCUT2D eigenvalue weighted by Gasteiger charge is 2.22. The van der Waals surface area contributed by atoms with Crippen molar-refractivity contribution in [3.63, 3.8) is 0 Å². The number of nitro benzene ring substituents is 1. The molecule has 0 saturated carbocycles. The van der Waals surface area contributed by atoms with Crippen LogP contribution in [0, 0.1) is 30.9 Å². The maximum absolute atomic E-state index is 11.8. The van der Waals surface area contributed by atoms with Crippen molar-refractivity contribution >= 4 is 21.2 Å². The van der Waals surface area contributed by atoms with Gasteiger partial charge < -0.3 is 5.32 Å². The number of hydrogen-bond acceptors (Lipinski definition) is 5. The first-order valence-corrected chi connectivity index (χ1v) is 9.78. The number of anilines is 1. The molecule has 0 atom stereocenters. The van der Waals surface area contributed by atoms with Gasteiger partial charge in [-0.3, -0.25) is 10.1 Å². The minimum absolute atomic E-state index is 0.273. The second-order valence-electron chi connectivity index (χ2n) is 6.27. The highest BCUT2D eigenvalue weighted by atomic mass is 32.2. The minimum Gasteiger partial charge on any atom is -0.385 e. The summed E-state index contributed by atoms with van der Waals surface area (Å²) in [6.45, 7) is 6.81. The number of nitrogens with one attached hydrogen (secondary N) is 1. The first-order chi connectivity index (χ1) is 11.6. The molecule has 0 unspecified atom stereocenters. The molecular weight excluding hydrogens is 340 g/mol. The number of rotatable bonds is 6. The standard InChI is InChI=1S/C18H22N2O4S/c1-12-9-13(2)16(14(3)10-12)7-8-19-15-5-6-17(20(21)22)18(11-15)25(4,23)24/h5-6,9-11,19H,7-8H2,1-4H3. The normalized spacial score (nSPS) is 11.4. The van der Waals surface area contributed by atoms with E-state index in [0.717, 1.165) is 12.7 Å². The maximum Gasteiger partial charge on any atom is 0.288 e. The lowest BCUT2D eigenvalue weighted by molar-refractivity contribution is -0.387. The number of benzene rings is 2. The zero-order valence-corrected chi connectivity index (χ0v) is 15.6. The molecule has 0 bridgehead atoms. The van der Waals surface area contributed by atoms with Crippen molar-refractivity contribution in [3.8, 4) is 0 Å². The van der Waals surface area contributed by atoms with Gasteiger partial charge in [0, 0.05) is 24.6 Å². The van der Waals surface area contributed by atoms with Crippen LogP contribution in [-0.4, -0.2) is 26.1 Å². The van der Waals surface area contributed by atoms with Crippen molar-refractivity contribution in [1.29, 1.82) is 0 Å². The molecule has 2 rings (SSSR count). The van der Waals surface area contributed by atoms with Crippen LogP contribution in [0.15, 0.2) is 35.2 Å². The van der Waals surface area contributed by atoms with Gasteiger partial charge in [-0.05, 0) is 56.0 Å². The number of aryl methyl sites for hydroxylation is 3. The Balaban J connectivity index is 2.18. The van der Waals surface area contributed by atoms with Crippen molar-refractivity contribution in [1.82, 2.24) is 0 Å². The molecule has 0 aromatic heterocycles. The topological polar surface area (TPSA) is 89.3 Å². The van der Waals surface area contributed by atoms with Crippen molar-refractivity contribution in [2.24, 2.45) is 0 Å². The predicted octanol–water partition coefficient (Wildman–Crippen LogP) is 3.58. The maximum atomic E-state index is 11.8. The zero-order chi connectivity index (χ0) is 18.8. The van der Waals surface area contributed by atoms with Crippen LogP contribution in [0.4, 0.5) is 11.4 Å². The fraction of sp³-hybridized carbons (Fsp3) is 0.333. The van der Waals surface area contributed by atoms with E-state index in [4.69, 9.17) is 0 Å². The van der Waals surface area contributed by atoms with Gasteiger partial charge in [0.15, 0.2) is 9.84 Å². The molecule has 1 N–H and O–H groups in total. The summed E-state index contributed by atoms with van der Waals surface area (Å²) in [5.41, 5.74) is 5.06. The molecule has 0 aliphatic heterocycles. The molecular formula is C18H22N2O4S. The summed E-state index contributed by atoms with van der Waals surface area (Å²) in [5.74, 6) is 0. The van der Waals surface area contributed by atoms with Crippen LogP contribution >= 0.6 is 0 Å². The van der Waals surface area contributed by atoms with E-state index in [2.05, 4.69) is 38.2 Å². The predicted molar refractivity (Wildman–Crippen MR) is 99.1 cm³/mol. The monoisotopic (exact) mass is 362 g/mol. The van der Waals surface area contributed by atoms with Gasteiger partial charge in [-0.25, -0.2) is 8.42 Å². The molecule has 0 heterocycles. The van der Waals surface area contributed by atoms with Gasteiger partial charge >= 0.3 is 0 Å². The Labute approximate surface area is 148 Å². The highest BCUT2D eigenvalue weighted by Crippen LogP contribution is 2.27. The van der Waals surface area contributed by atoms with Gasteiger partial charge in [0.25, 0.3) is 5.69 Å². The average molecular weight is 362 g/mol. The fourth-order valence-electron chi connectivity index (χ4n) is 3.01. The summed E-state index contributed by atoms with van der Waals surface area (Å²) in [5, 5.41) is 14.2. The van der Waals surface area contributed by atoms with Crippen molar-refractivity contribution < 1.29 is 13.3 Å². The van der Waals surface area contributed by atoms with Gasteiger partial charge in [0.2, 0.25) is 0 Å². The number of nitrogens with zero attached hydrogens (tertiary/aromatic N) is 1. The van der Waals surface area contributed by atoms with Crippen LogP contribution in [-0.2, 0) is 16.3 Å². The third-order valence-electron chi connectivity index (χ3n) is 4.10. The SMILES string of the molecule is Cc1cc(C)c(CCNc2ccc([N+](=O)[O-])c(S(C)(=O)=O)c2)c(C)c1. The Morgan fingerprint density at radius 1 is 1.08 bits per heavy atom. The molecule has 6 nitrogen and oxygen atoms in total. The van der Waals surface area contributed by atoms with Crippen molar-refractivity contribution in [2.75, 3.05) is 18.1 Å². The lowest BCUT2D eigenvalue weighted by Gasteiger charge is -2.13. The fourth-order valence-corrected chi connectivity index (χ4v) is 3.87. The minimum atomic E-state index is -3.68. The van der Waals surface area contributed by atoms with Crippen LogP contribution in [0.2, 0.25) is 0 Å². The smallest absolute Gasteiger partial charge is 0.288 e. The highest BCUT2D eigenvalue weighted by molar-refractivity contribution is 7.90. The molecule has 0 saturated heterocycles. The van der Waals surface area contributed by atoms with Gasteiger partial charge in [0.1, 0.15) is 4.90 Å². The lowest BCUT2D eigenvalue weighted by atomic mass is 9.97. The molecule has 0 spiro atoms. The molecule has 134 valence electrons. The van der Waals surface area contributed by atoms with E-state index in [-0.39, 0.29) is 4.90 Å². The zero-order valence-electron chi connectivity index (χ0n) is 14.8. The van der Waals surface area contributed by atoms with E-state index < -0.39 is 20.4 Å². The molecule has 0 aliphatic rings. The van der Waals surface area contributed by atoms with E-state index in [1.165, 1.54) is 40.5 Å². The Morgan fingerprint density at radius 2 is 1.68 bits per heavy atom. The van der Waals surface area contributed by atoms with Crippen LogP contribution < -0.4 is 5.32 Å². The van der Waals surface area contributed by atoms with Crippen LogP contribution in [0.25, 0.3) is 0 Å². The van der Waals surface area contributed by atoms with E-state index >= 15 is 0 Å². The van der Waals surface area contributed by atoms with Crippen molar-refractivity contribution in [3.05, 3.63) is 62.7 Å². The molecule has 25 heavy (non-hydrogen) atoms. The summed E-state index contributed by atoms with van der Waals surface area (Å²) < 4.78 is 23.6. The van der Waals surface area contributed by atoms with Crippen molar-refractivity contribution in [2.45, 2.75) is 32.1 Å². The lowest BCUT2D eigenvalue weighted by Crippen LogP contribution is -2.09. The first kappa shape index (κ1) is 18.9. The Bertz CT molecular complexity index is 898. The summed E-state index contributed by atoms with van der Waals surface area (Å²) >= 11 is 0. The molecule has 2 aromatic rings. The number of sulfone groups is 1. The summed E-state index contributed by atoms with van der Waals surface area (Å²) in [4.78, 5) is 10.0. The molecule has 0 amide bonds. The molecule has 7 heteroatoms. The second-order valence-corrected chi connectivity index (χ2v) is 8.25. The first-order valence-electron chi connectivity index (χ1n) is 7.88. The van der Waals surface area contributed by atoms with Gasteiger partial charge in [0.05, 0.1) is 4.92 Å². The van der Waals surface area contributed by atoms with Crippen LogP contribution in [0.3, 0.4) is 0 Å². The van der Waals surface area contributed by atoms with Gasteiger partial charge in [-0.1, -0.05) is 17.7 Å². The third-order valence-corrected chi connectivity index (χ3v) is 5.23. The number of nitro groups is 1. The third kappa shape index (κ3) is 4.57. The quantitative estimate of drug-likeness (QED) is 0.627. The van der Waals surface area contributed by atoms with E-state index in [1.807, 2.05) is 0 Å². The van der Waals surface area contributed by atoms with Crippen LogP contribution in [0.1, 0.15) is 22.3 Å². The number of hydrogen-bond donors (Lipinski definition) is 1. The Morgan fingerprint density at radius 3 is 2.20 bits per heavy atom. The molecule has 2 aromatic carbocycles. The Kier molecular flexibility index (Phi) is 5.47. The summed E-state index contributed by atoms with van der Waals surface area (Å²) in [6.07, 6.45) is 1.75.